The average Bonchev–Trinajstić information content (AvgIpc) is 2.80. The van der Waals surface area contributed by atoms with Crippen LogP contribution in [0.15, 0.2) is 22.7 Å². The van der Waals surface area contributed by atoms with E-state index in [1.807, 2.05) is 13.8 Å². The third kappa shape index (κ3) is 4.51. The number of aromatic nitrogens is 2. The van der Waals surface area contributed by atoms with Crippen LogP contribution < -0.4 is 0 Å². The highest BCUT2D eigenvalue weighted by molar-refractivity contribution is 6.31. The van der Waals surface area contributed by atoms with E-state index in [4.69, 9.17) is 16.1 Å². The van der Waals surface area contributed by atoms with Gasteiger partial charge in [0.05, 0.1) is 12.5 Å². The summed E-state index contributed by atoms with van der Waals surface area (Å²) in [5.41, 5.74) is 0.342. The Hall–Kier alpha value is -1.46. The second kappa shape index (κ2) is 7.00. The van der Waals surface area contributed by atoms with Gasteiger partial charge < -0.3 is 9.63 Å². The summed E-state index contributed by atoms with van der Waals surface area (Å²) in [4.78, 5) is 4.17. The van der Waals surface area contributed by atoms with Crippen molar-refractivity contribution in [2.24, 2.45) is 5.92 Å². The van der Waals surface area contributed by atoms with Crippen LogP contribution in [0.5, 0.6) is 0 Å². The van der Waals surface area contributed by atoms with Crippen molar-refractivity contribution in [3.63, 3.8) is 0 Å². The third-order valence-corrected chi connectivity index (χ3v) is 3.41. The summed E-state index contributed by atoms with van der Waals surface area (Å²) >= 11 is 5.96. The van der Waals surface area contributed by atoms with Crippen LogP contribution in [0.1, 0.15) is 37.5 Å². The van der Waals surface area contributed by atoms with Crippen LogP contribution in [-0.4, -0.2) is 21.4 Å². The van der Waals surface area contributed by atoms with Gasteiger partial charge in [0.1, 0.15) is 5.82 Å². The Morgan fingerprint density at radius 3 is 2.81 bits per heavy atom. The molecule has 6 heteroatoms. The van der Waals surface area contributed by atoms with Gasteiger partial charge in [-0.15, -0.1) is 0 Å². The molecule has 1 aromatic carbocycles. The van der Waals surface area contributed by atoms with Gasteiger partial charge >= 0.3 is 0 Å². The Bertz CT molecular complexity index is 581. The molecule has 2 aromatic rings. The first-order chi connectivity index (χ1) is 9.95. The van der Waals surface area contributed by atoms with Crippen molar-refractivity contribution in [2.45, 2.75) is 39.2 Å². The minimum atomic E-state index is -0.518. The van der Waals surface area contributed by atoms with Gasteiger partial charge in [0.15, 0.2) is 5.82 Å². The highest BCUT2D eigenvalue weighted by Gasteiger charge is 2.16. The van der Waals surface area contributed by atoms with Crippen LogP contribution >= 0.6 is 11.6 Å². The third-order valence-electron chi connectivity index (χ3n) is 3.06. The van der Waals surface area contributed by atoms with Gasteiger partial charge in [0.2, 0.25) is 5.89 Å². The zero-order chi connectivity index (χ0) is 15.4. The summed E-state index contributed by atoms with van der Waals surface area (Å²) in [6.45, 7) is 4.06. The van der Waals surface area contributed by atoms with Crippen LogP contribution in [0.3, 0.4) is 0 Å². The highest BCUT2D eigenvalue weighted by Crippen LogP contribution is 2.21. The fourth-order valence-corrected chi connectivity index (χ4v) is 2.36. The molecule has 1 atom stereocenters. The molecule has 1 aromatic heterocycles. The van der Waals surface area contributed by atoms with E-state index in [2.05, 4.69) is 10.1 Å². The molecule has 0 saturated carbocycles. The number of rotatable bonds is 6. The molecule has 0 radical (unpaired) electrons. The van der Waals surface area contributed by atoms with E-state index in [9.17, 15) is 9.50 Å². The van der Waals surface area contributed by atoms with Crippen molar-refractivity contribution < 1.29 is 14.0 Å². The Morgan fingerprint density at radius 2 is 2.14 bits per heavy atom. The molecule has 2 rings (SSSR count). The van der Waals surface area contributed by atoms with E-state index >= 15 is 0 Å². The summed E-state index contributed by atoms with van der Waals surface area (Å²) < 4.78 is 18.8. The Morgan fingerprint density at radius 1 is 1.38 bits per heavy atom. The number of hydrogen-bond acceptors (Lipinski definition) is 4. The van der Waals surface area contributed by atoms with Gasteiger partial charge in [0, 0.05) is 17.0 Å². The normalized spacial score (nSPS) is 12.9. The highest BCUT2D eigenvalue weighted by atomic mass is 35.5. The topological polar surface area (TPSA) is 59.2 Å². The molecule has 1 unspecified atom stereocenters. The first kappa shape index (κ1) is 15.9. The number of nitrogens with zero attached hydrogens (tertiary/aromatic N) is 2. The number of aliphatic hydroxyl groups is 1. The maximum absolute atomic E-state index is 13.7. The SMILES string of the molecule is CC(C)CC(O)Cc1nc(Cc2c(F)cccc2Cl)no1. The molecule has 0 aliphatic carbocycles. The maximum atomic E-state index is 13.7. The molecular weight excluding hydrogens is 295 g/mol. The van der Waals surface area contributed by atoms with Crippen molar-refractivity contribution >= 4 is 11.6 Å². The first-order valence-corrected chi connectivity index (χ1v) is 7.26. The Balaban J connectivity index is 2.03. The van der Waals surface area contributed by atoms with Gasteiger partial charge in [-0.1, -0.05) is 36.7 Å². The second-order valence-corrected chi connectivity index (χ2v) is 5.88. The Labute approximate surface area is 127 Å². The summed E-state index contributed by atoms with van der Waals surface area (Å²) in [5, 5.41) is 14.0. The molecule has 0 saturated heterocycles. The smallest absolute Gasteiger partial charge is 0.229 e. The maximum Gasteiger partial charge on any atom is 0.229 e. The van der Waals surface area contributed by atoms with Crippen LogP contribution in [0.2, 0.25) is 5.02 Å². The van der Waals surface area contributed by atoms with Gasteiger partial charge in [-0.05, 0) is 24.5 Å². The minimum Gasteiger partial charge on any atom is -0.393 e. The van der Waals surface area contributed by atoms with Crippen molar-refractivity contribution in [1.82, 2.24) is 10.1 Å². The zero-order valence-electron chi connectivity index (χ0n) is 12.0. The lowest BCUT2D eigenvalue weighted by atomic mass is 10.0. The Kier molecular flexibility index (Phi) is 5.31. The molecule has 0 fully saturated rings. The van der Waals surface area contributed by atoms with Crippen molar-refractivity contribution in [3.8, 4) is 0 Å². The number of hydrogen-bond donors (Lipinski definition) is 1. The van der Waals surface area contributed by atoms with Crippen LogP contribution in [0.25, 0.3) is 0 Å². The molecule has 0 aliphatic heterocycles. The largest absolute Gasteiger partial charge is 0.393 e. The number of aliphatic hydroxyl groups excluding tert-OH is 1. The summed E-state index contributed by atoms with van der Waals surface area (Å²) in [5.74, 6) is 0.702. The van der Waals surface area contributed by atoms with Gasteiger partial charge in [-0.2, -0.15) is 4.98 Å². The van der Waals surface area contributed by atoms with Crippen LogP contribution in [0.4, 0.5) is 4.39 Å². The summed E-state index contributed by atoms with van der Waals surface area (Å²) in [7, 11) is 0. The lowest BCUT2D eigenvalue weighted by molar-refractivity contribution is 0.138. The van der Waals surface area contributed by atoms with E-state index in [0.29, 0.717) is 41.1 Å². The molecule has 114 valence electrons. The van der Waals surface area contributed by atoms with E-state index in [0.717, 1.165) is 0 Å². The second-order valence-electron chi connectivity index (χ2n) is 5.47. The van der Waals surface area contributed by atoms with E-state index in [-0.39, 0.29) is 6.42 Å². The van der Waals surface area contributed by atoms with Crippen molar-refractivity contribution in [1.29, 1.82) is 0 Å². The molecule has 1 N–H and O–H groups in total. The van der Waals surface area contributed by atoms with Gasteiger partial charge in [-0.3, -0.25) is 0 Å². The molecule has 4 nitrogen and oxygen atoms in total. The van der Waals surface area contributed by atoms with Gasteiger partial charge in [-0.25, -0.2) is 4.39 Å². The van der Waals surface area contributed by atoms with Gasteiger partial charge in [0.25, 0.3) is 0 Å². The van der Waals surface area contributed by atoms with Crippen molar-refractivity contribution in [2.75, 3.05) is 0 Å². The number of benzene rings is 1. The summed E-state index contributed by atoms with van der Waals surface area (Å²) in [6.07, 6.45) is 0.609. The quantitative estimate of drug-likeness (QED) is 0.888. The number of halogens is 2. The van der Waals surface area contributed by atoms with E-state index in [1.54, 1.807) is 12.1 Å². The predicted octanol–water partition coefficient (Wildman–Crippen LogP) is 3.40. The molecule has 1 heterocycles. The molecule has 0 bridgehead atoms. The van der Waals surface area contributed by atoms with Crippen LogP contribution in [0, 0.1) is 11.7 Å². The minimum absolute atomic E-state index is 0.162. The molecular formula is C15H18ClFN2O2. The standard InChI is InChI=1S/C15H18ClFN2O2/c1-9(2)6-10(20)7-15-18-14(19-21-15)8-11-12(16)4-3-5-13(11)17/h3-5,9-10,20H,6-8H2,1-2H3. The lowest BCUT2D eigenvalue weighted by Crippen LogP contribution is -2.13. The average molecular weight is 313 g/mol. The first-order valence-electron chi connectivity index (χ1n) is 6.88. The van der Waals surface area contributed by atoms with E-state index < -0.39 is 11.9 Å². The molecule has 0 aliphatic rings. The van der Waals surface area contributed by atoms with Crippen molar-refractivity contribution in [3.05, 3.63) is 46.3 Å². The fourth-order valence-electron chi connectivity index (χ4n) is 2.13. The molecule has 0 amide bonds. The summed E-state index contributed by atoms with van der Waals surface area (Å²) in [6, 6.07) is 4.51. The fraction of sp³-hybridized carbons (Fsp3) is 0.467. The lowest BCUT2D eigenvalue weighted by Gasteiger charge is -2.09. The monoisotopic (exact) mass is 312 g/mol. The predicted molar refractivity (Wildman–Crippen MR) is 77.7 cm³/mol. The van der Waals surface area contributed by atoms with E-state index in [1.165, 1.54) is 6.07 Å². The zero-order valence-corrected chi connectivity index (χ0v) is 12.8. The molecule has 21 heavy (non-hydrogen) atoms. The van der Waals surface area contributed by atoms with Crippen LogP contribution in [-0.2, 0) is 12.8 Å². The molecule has 0 spiro atoms.